The van der Waals surface area contributed by atoms with Crippen molar-refractivity contribution in [3.8, 4) is 0 Å². The number of aromatic nitrogens is 2. The Hall–Kier alpha value is -0.720. The average Bonchev–Trinajstić information content (AvgIpc) is 2.88. The van der Waals surface area contributed by atoms with Gasteiger partial charge in [0.1, 0.15) is 0 Å². The summed E-state index contributed by atoms with van der Waals surface area (Å²) in [6, 6.07) is 0.150. The van der Waals surface area contributed by atoms with Gasteiger partial charge in [-0.3, -0.25) is 4.40 Å². The van der Waals surface area contributed by atoms with Crippen molar-refractivity contribution in [2.45, 2.75) is 19.4 Å². The maximum Gasteiger partial charge on any atom is 0.195 e. The summed E-state index contributed by atoms with van der Waals surface area (Å²) in [7, 11) is 2.10. The molecule has 0 aliphatic carbocycles. The zero-order valence-electron chi connectivity index (χ0n) is 11.1. The fourth-order valence-electron chi connectivity index (χ4n) is 1.96. The van der Waals surface area contributed by atoms with Crippen LogP contribution in [0.15, 0.2) is 11.6 Å². The lowest BCUT2D eigenvalue weighted by Gasteiger charge is -2.18. The van der Waals surface area contributed by atoms with Gasteiger partial charge in [-0.1, -0.05) is 0 Å². The maximum atomic E-state index is 5.95. The molecule has 0 aliphatic rings. The van der Waals surface area contributed by atoms with Crippen LogP contribution in [0.3, 0.4) is 0 Å². The first-order valence-corrected chi connectivity index (χ1v) is 8.31. The van der Waals surface area contributed by atoms with Gasteiger partial charge in [0.2, 0.25) is 0 Å². The molecule has 1 unspecified atom stereocenters. The molecule has 0 spiro atoms. The molecule has 0 bridgehead atoms. The molecule has 0 radical (unpaired) electrons. The summed E-state index contributed by atoms with van der Waals surface area (Å²) < 4.78 is 2.17. The summed E-state index contributed by atoms with van der Waals surface area (Å²) in [6.07, 6.45) is 5.07. The van der Waals surface area contributed by atoms with Crippen molar-refractivity contribution in [1.82, 2.24) is 9.38 Å². The Kier molecular flexibility index (Phi) is 4.53. The Morgan fingerprint density at radius 1 is 1.61 bits per heavy atom. The normalized spacial score (nSPS) is 13.1. The summed E-state index contributed by atoms with van der Waals surface area (Å²) in [5.41, 5.74) is 7.18. The minimum Gasteiger partial charge on any atom is -0.357 e. The smallest absolute Gasteiger partial charge is 0.195 e. The maximum absolute atomic E-state index is 5.95. The number of anilines is 1. The van der Waals surface area contributed by atoms with Crippen molar-refractivity contribution in [2.75, 3.05) is 30.5 Å². The molecule has 0 fully saturated rings. The number of rotatable bonds is 6. The molecule has 4 nitrogen and oxygen atoms in total. The molecule has 1 atom stereocenters. The number of hydrogen-bond acceptors (Lipinski definition) is 5. The van der Waals surface area contributed by atoms with Crippen molar-refractivity contribution in [2.24, 2.45) is 5.73 Å². The van der Waals surface area contributed by atoms with Crippen LogP contribution in [-0.2, 0) is 6.42 Å². The van der Waals surface area contributed by atoms with Gasteiger partial charge in [-0.05, 0) is 13.2 Å². The van der Waals surface area contributed by atoms with Crippen LogP contribution in [0.1, 0.15) is 12.6 Å². The zero-order valence-corrected chi connectivity index (χ0v) is 12.7. The standard InChI is InChI=1S/C12H20N4S2/c1-9(13)8-10-11(15(2)4-6-17-3)14-12-16(10)5-7-18-12/h5,7,9H,4,6,8,13H2,1-3H3. The number of thioether (sulfide) groups is 1. The fraction of sp³-hybridized carbons (Fsp3) is 0.583. The van der Waals surface area contributed by atoms with Gasteiger partial charge >= 0.3 is 0 Å². The van der Waals surface area contributed by atoms with E-state index in [0.717, 1.165) is 29.5 Å². The van der Waals surface area contributed by atoms with Crippen molar-refractivity contribution in [1.29, 1.82) is 0 Å². The lowest BCUT2D eigenvalue weighted by atomic mass is 10.2. The van der Waals surface area contributed by atoms with Gasteiger partial charge in [-0.2, -0.15) is 11.8 Å². The van der Waals surface area contributed by atoms with Crippen molar-refractivity contribution < 1.29 is 0 Å². The second-order valence-electron chi connectivity index (χ2n) is 4.53. The second kappa shape index (κ2) is 5.95. The Labute approximate surface area is 116 Å². The van der Waals surface area contributed by atoms with Crippen LogP contribution in [0.5, 0.6) is 0 Å². The Morgan fingerprint density at radius 3 is 3.06 bits per heavy atom. The predicted molar refractivity (Wildman–Crippen MR) is 82.1 cm³/mol. The first-order chi connectivity index (χ1) is 8.63. The van der Waals surface area contributed by atoms with Gasteiger partial charge in [0.05, 0.1) is 5.69 Å². The van der Waals surface area contributed by atoms with E-state index in [1.165, 1.54) is 5.69 Å². The van der Waals surface area contributed by atoms with Crippen molar-refractivity contribution in [3.63, 3.8) is 0 Å². The Bertz CT molecular complexity index is 503. The topological polar surface area (TPSA) is 46.6 Å². The molecule has 2 heterocycles. The minimum absolute atomic E-state index is 0.150. The molecular formula is C12H20N4S2. The third-order valence-electron chi connectivity index (χ3n) is 2.85. The van der Waals surface area contributed by atoms with Crippen LogP contribution >= 0.6 is 23.1 Å². The monoisotopic (exact) mass is 284 g/mol. The van der Waals surface area contributed by atoms with E-state index in [0.29, 0.717) is 0 Å². The van der Waals surface area contributed by atoms with E-state index in [1.807, 2.05) is 18.7 Å². The predicted octanol–water partition coefficient (Wildman–Crippen LogP) is 2.08. The van der Waals surface area contributed by atoms with E-state index in [9.17, 15) is 0 Å². The zero-order chi connectivity index (χ0) is 13.1. The molecule has 0 aromatic carbocycles. The van der Waals surface area contributed by atoms with Gasteiger partial charge in [0.25, 0.3) is 0 Å². The molecule has 2 aromatic rings. The quantitative estimate of drug-likeness (QED) is 0.882. The number of hydrogen-bond donors (Lipinski definition) is 1. The van der Waals surface area contributed by atoms with Gasteiger partial charge < -0.3 is 10.6 Å². The second-order valence-corrected chi connectivity index (χ2v) is 6.39. The van der Waals surface area contributed by atoms with Gasteiger partial charge in [0, 0.05) is 43.4 Å². The number of imidazole rings is 1. The van der Waals surface area contributed by atoms with E-state index in [1.54, 1.807) is 11.3 Å². The lowest BCUT2D eigenvalue weighted by Crippen LogP contribution is -2.25. The summed E-state index contributed by atoms with van der Waals surface area (Å²) in [4.78, 5) is 8.00. The van der Waals surface area contributed by atoms with Crippen LogP contribution in [0.4, 0.5) is 5.82 Å². The Morgan fingerprint density at radius 2 is 2.39 bits per heavy atom. The molecule has 18 heavy (non-hydrogen) atoms. The highest BCUT2D eigenvalue weighted by molar-refractivity contribution is 7.98. The SMILES string of the molecule is CSCCN(C)c1nc2sccn2c1CC(C)N. The largest absolute Gasteiger partial charge is 0.357 e. The third-order valence-corrected chi connectivity index (χ3v) is 4.20. The van der Waals surface area contributed by atoms with Gasteiger partial charge in [0.15, 0.2) is 10.8 Å². The lowest BCUT2D eigenvalue weighted by molar-refractivity contribution is 0.715. The van der Waals surface area contributed by atoms with E-state index in [4.69, 9.17) is 10.7 Å². The van der Waals surface area contributed by atoms with Crippen LogP contribution < -0.4 is 10.6 Å². The molecule has 2 N–H and O–H groups in total. The minimum atomic E-state index is 0.150. The fourth-order valence-corrected chi connectivity index (χ4v) is 3.14. The summed E-state index contributed by atoms with van der Waals surface area (Å²) in [6.45, 7) is 3.05. The highest BCUT2D eigenvalue weighted by atomic mass is 32.2. The summed E-state index contributed by atoms with van der Waals surface area (Å²) in [5, 5.41) is 2.07. The van der Waals surface area contributed by atoms with Crippen LogP contribution in [-0.4, -0.2) is 41.0 Å². The molecule has 2 rings (SSSR count). The molecular weight excluding hydrogens is 264 g/mol. The highest BCUT2D eigenvalue weighted by Crippen LogP contribution is 2.25. The van der Waals surface area contributed by atoms with Gasteiger partial charge in [-0.15, -0.1) is 11.3 Å². The first-order valence-electron chi connectivity index (χ1n) is 6.03. The number of thiazole rings is 1. The van der Waals surface area contributed by atoms with Crippen LogP contribution in [0.2, 0.25) is 0 Å². The van der Waals surface area contributed by atoms with E-state index in [2.05, 4.69) is 34.2 Å². The molecule has 0 saturated carbocycles. The molecule has 6 heteroatoms. The average molecular weight is 284 g/mol. The van der Waals surface area contributed by atoms with E-state index >= 15 is 0 Å². The summed E-state index contributed by atoms with van der Waals surface area (Å²) in [5.74, 6) is 2.19. The molecule has 0 saturated heterocycles. The number of nitrogens with two attached hydrogens (primary N) is 1. The highest BCUT2D eigenvalue weighted by Gasteiger charge is 2.17. The van der Waals surface area contributed by atoms with Crippen LogP contribution in [0, 0.1) is 0 Å². The molecule has 100 valence electrons. The van der Waals surface area contributed by atoms with E-state index < -0.39 is 0 Å². The molecule has 0 amide bonds. The molecule has 0 aliphatic heterocycles. The molecule has 2 aromatic heterocycles. The third kappa shape index (κ3) is 2.81. The Balaban J connectivity index is 2.32. The summed E-state index contributed by atoms with van der Waals surface area (Å²) >= 11 is 3.52. The number of fused-ring (bicyclic) bond motifs is 1. The van der Waals surface area contributed by atoms with Crippen LogP contribution in [0.25, 0.3) is 4.96 Å². The first kappa shape index (κ1) is 13.7. The van der Waals surface area contributed by atoms with Gasteiger partial charge in [-0.25, -0.2) is 4.98 Å². The van der Waals surface area contributed by atoms with Crippen molar-refractivity contribution in [3.05, 3.63) is 17.3 Å². The van der Waals surface area contributed by atoms with E-state index in [-0.39, 0.29) is 6.04 Å². The number of nitrogens with zero attached hydrogens (tertiary/aromatic N) is 3. The van der Waals surface area contributed by atoms with Crippen molar-refractivity contribution >= 4 is 33.9 Å².